The van der Waals surface area contributed by atoms with Gasteiger partial charge in [-0.15, -0.1) is 0 Å². The SMILES string of the molecule is COCOC1CC(C)C(C)(C)C[C@H]1O. The molecule has 3 atom stereocenters. The van der Waals surface area contributed by atoms with Gasteiger partial charge in [0.1, 0.15) is 6.79 Å². The molecule has 1 aliphatic carbocycles. The van der Waals surface area contributed by atoms with E-state index in [2.05, 4.69) is 20.8 Å². The molecule has 0 aromatic carbocycles. The lowest BCUT2D eigenvalue weighted by atomic mass is 9.68. The van der Waals surface area contributed by atoms with Gasteiger partial charge in [0.2, 0.25) is 0 Å². The van der Waals surface area contributed by atoms with Gasteiger partial charge in [0, 0.05) is 7.11 Å². The zero-order valence-corrected chi connectivity index (χ0v) is 9.62. The number of ether oxygens (including phenoxy) is 2. The average molecular weight is 202 g/mol. The maximum Gasteiger partial charge on any atom is 0.146 e. The maximum absolute atomic E-state index is 9.87. The van der Waals surface area contributed by atoms with Crippen LogP contribution in [0.5, 0.6) is 0 Å². The van der Waals surface area contributed by atoms with Gasteiger partial charge in [-0.05, 0) is 24.2 Å². The molecule has 0 bridgehead atoms. The number of aliphatic hydroxyl groups excluding tert-OH is 1. The lowest BCUT2D eigenvalue weighted by Crippen LogP contribution is -2.44. The molecule has 3 nitrogen and oxygen atoms in total. The van der Waals surface area contributed by atoms with Crippen molar-refractivity contribution in [2.24, 2.45) is 11.3 Å². The molecule has 84 valence electrons. The second-order valence-electron chi connectivity index (χ2n) is 5.01. The van der Waals surface area contributed by atoms with Gasteiger partial charge in [-0.3, -0.25) is 0 Å². The van der Waals surface area contributed by atoms with Gasteiger partial charge in [-0.2, -0.15) is 0 Å². The minimum Gasteiger partial charge on any atom is -0.390 e. The Labute approximate surface area is 86.4 Å². The number of aliphatic hydroxyl groups is 1. The highest BCUT2D eigenvalue weighted by Gasteiger charge is 2.39. The van der Waals surface area contributed by atoms with E-state index in [1.165, 1.54) is 0 Å². The smallest absolute Gasteiger partial charge is 0.146 e. The van der Waals surface area contributed by atoms with Crippen molar-refractivity contribution >= 4 is 0 Å². The molecule has 0 amide bonds. The van der Waals surface area contributed by atoms with E-state index < -0.39 is 0 Å². The molecule has 0 saturated heterocycles. The van der Waals surface area contributed by atoms with Gasteiger partial charge in [-0.1, -0.05) is 20.8 Å². The summed E-state index contributed by atoms with van der Waals surface area (Å²) in [5.74, 6) is 0.577. The van der Waals surface area contributed by atoms with Crippen molar-refractivity contribution in [3.8, 4) is 0 Å². The van der Waals surface area contributed by atoms with Gasteiger partial charge in [0.05, 0.1) is 12.2 Å². The predicted molar refractivity (Wildman–Crippen MR) is 54.9 cm³/mol. The summed E-state index contributed by atoms with van der Waals surface area (Å²) in [7, 11) is 1.60. The highest BCUT2D eigenvalue weighted by atomic mass is 16.7. The Morgan fingerprint density at radius 2 is 2.07 bits per heavy atom. The topological polar surface area (TPSA) is 38.7 Å². The van der Waals surface area contributed by atoms with Crippen LogP contribution in [0.2, 0.25) is 0 Å². The van der Waals surface area contributed by atoms with E-state index in [-0.39, 0.29) is 24.4 Å². The van der Waals surface area contributed by atoms with Crippen molar-refractivity contribution in [2.45, 2.75) is 45.8 Å². The molecule has 1 fully saturated rings. The van der Waals surface area contributed by atoms with E-state index >= 15 is 0 Å². The molecule has 0 radical (unpaired) electrons. The molecule has 0 aromatic rings. The molecule has 0 aliphatic heterocycles. The molecule has 3 heteroatoms. The van der Waals surface area contributed by atoms with Crippen LogP contribution in [0.15, 0.2) is 0 Å². The van der Waals surface area contributed by atoms with Crippen LogP contribution in [0.25, 0.3) is 0 Å². The summed E-state index contributed by atoms with van der Waals surface area (Å²) in [6.07, 6.45) is 1.31. The normalized spacial score (nSPS) is 37.1. The first-order chi connectivity index (χ1) is 6.47. The Bertz CT molecular complexity index is 179. The Morgan fingerprint density at radius 1 is 1.43 bits per heavy atom. The Balaban J connectivity index is 2.49. The first-order valence-corrected chi connectivity index (χ1v) is 5.26. The summed E-state index contributed by atoms with van der Waals surface area (Å²) in [5.41, 5.74) is 0.215. The molecule has 0 aromatic heterocycles. The van der Waals surface area contributed by atoms with Crippen LogP contribution < -0.4 is 0 Å². The summed E-state index contributed by atoms with van der Waals surface area (Å²) in [5, 5.41) is 9.87. The monoisotopic (exact) mass is 202 g/mol. The minimum absolute atomic E-state index is 0.0574. The van der Waals surface area contributed by atoms with Gasteiger partial charge in [0.25, 0.3) is 0 Å². The zero-order chi connectivity index (χ0) is 10.8. The third-order valence-corrected chi connectivity index (χ3v) is 3.48. The summed E-state index contributed by atoms with van der Waals surface area (Å²) in [4.78, 5) is 0. The first kappa shape index (κ1) is 12.0. The molecule has 0 spiro atoms. The molecule has 1 N–H and O–H groups in total. The standard InChI is InChI=1S/C11H22O3/c1-8-5-10(14-7-13-4)9(12)6-11(8,2)3/h8-10,12H,5-7H2,1-4H3/t8?,9-,10?/m1/s1. The quantitative estimate of drug-likeness (QED) is 0.709. The van der Waals surface area contributed by atoms with Gasteiger partial charge in [0.15, 0.2) is 0 Å². The molecule has 0 heterocycles. The first-order valence-electron chi connectivity index (χ1n) is 5.26. The third kappa shape index (κ3) is 2.69. The van der Waals surface area contributed by atoms with Gasteiger partial charge < -0.3 is 14.6 Å². The fraction of sp³-hybridized carbons (Fsp3) is 1.00. The highest BCUT2D eigenvalue weighted by molar-refractivity contribution is 4.89. The third-order valence-electron chi connectivity index (χ3n) is 3.48. The molecule has 14 heavy (non-hydrogen) atoms. The van der Waals surface area contributed by atoms with Crippen LogP contribution >= 0.6 is 0 Å². The van der Waals surface area contributed by atoms with Crippen molar-refractivity contribution in [1.82, 2.24) is 0 Å². The summed E-state index contributed by atoms with van der Waals surface area (Å²) < 4.78 is 10.3. The number of methoxy groups -OCH3 is 1. The van der Waals surface area contributed by atoms with E-state index in [1.54, 1.807) is 7.11 Å². The van der Waals surface area contributed by atoms with Crippen molar-refractivity contribution in [2.75, 3.05) is 13.9 Å². The summed E-state index contributed by atoms with van der Waals surface area (Å²) in [6, 6.07) is 0. The molecular weight excluding hydrogens is 180 g/mol. The van der Waals surface area contributed by atoms with E-state index in [4.69, 9.17) is 9.47 Å². The fourth-order valence-electron chi connectivity index (χ4n) is 2.03. The average Bonchev–Trinajstić information content (AvgIpc) is 2.08. The molecule has 1 aliphatic rings. The summed E-state index contributed by atoms with van der Waals surface area (Å²) >= 11 is 0. The zero-order valence-electron chi connectivity index (χ0n) is 9.62. The van der Waals surface area contributed by atoms with E-state index in [1.807, 2.05) is 0 Å². The van der Waals surface area contributed by atoms with Crippen LogP contribution in [0.3, 0.4) is 0 Å². The van der Waals surface area contributed by atoms with E-state index in [9.17, 15) is 5.11 Å². The number of hydrogen-bond donors (Lipinski definition) is 1. The van der Waals surface area contributed by atoms with Crippen molar-refractivity contribution in [1.29, 1.82) is 0 Å². The van der Waals surface area contributed by atoms with Crippen LogP contribution in [0.1, 0.15) is 33.6 Å². The summed E-state index contributed by atoms with van der Waals surface area (Å²) in [6.45, 7) is 6.89. The van der Waals surface area contributed by atoms with Crippen LogP contribution in [-0.2, 0) is 9.47 Å². The van der Waals surface area contributed by atoms with Crippen molar-refractivity contribution in [3.05, 3.63) is 0 Å². The lowest BCUT2D eigenvalue weighted by molar-refractivity contribution is -0.149. The highest BCUT2D eigenvalue weighted by Crippen LogP contribution is 2.41. The lowest BCUT2D eigenvalue weighted by Gasteiger charge is -2.43. The van der Waals surface area contributed by atoms with Crippen molar-refractivity contribution < 1.29 is 14.6 Å². The Morgan fingerprint density at radius 3 is 2.64 bits per heavy atom. The number of rotatable bonds is 3. The van der Waals surface area contributed by atoms with E-state index in [0.717, 1.165) is 12.8 Å². The largest absolute Gasteiger partial charge is 0.390 e. The minimum atomic E-state index is -0.351. The molecule has 1 saturated carbocycles. The van der Waals surface area contributed by atoms with Gasteiger partial charge >= 0.3 is 0 Å². The van der Waals surface area contributed by atoms with Crippen molar-refractivity contribution in [3.63, 3.8) is 0 Å². The number of hydrogen-bond acceptors (Lipinski definition) is 3. The fourth-order valence-corrected chi connectivity index (χ4v) is 2.03. The second kappa shape index (κ2) is 4.60. The predicted octanol–water partition coefficient (Wildman–Crippen LogP) is 1.79. The molecular formula is C11H22O3. The molecule has 2 unspecified atom stereocenters. The molecule has 1 rings (SSSR count). The van der Waals surface area contributed by atoms with Gasteiger partial charge in [-0.25, -0.2) is 0 Å². The second-order valence-corrected chi connectivity index (χ2v) is 5.01. The Kier molecular flexibility index (Phi) is 3.93. The van der Waals surface area contributed by atoms with Crippen LogP contribution in [0.4, 0.5) is 0 Å². The maximum atomic E-state index is 9.87. The Hall–Kier alpha value is -0.120. The van der Waals surface area contributed by atoms with Crippen LogP contribution in [-0.4, -0.2) is 31.2 Å². The van der Waals surface area contributed by atoms with E-state index in [0.29, 0.717) is 5.92 Å². The van der Waals surface area contributed by atoms with Crippen LogP contribution in [0, 0.1) is 11.3 Å².